The summed E-state index contributed by atoms with van der Waals surface area (Å²) >= 11 is 12.8. The second kappa shape index (κ2) is 8.39. The maximum Gasteiger partial charge on any atom is 0.333 e. The maximum absolute atomic E-state index is 13.3. The fourth-order valence-electron chi connectivity index (χ4n) is 3.33. The molecular weight excluding hydrogens is 399 g/mol. The predicted molar refractivity (Wildman–Crippen MR) is 114 cm³/mol. The third kappa shape index (κ3) is 3.68. The van der Waals surface area contributed by atoms with Crippen LogP contribution < -0.4 is 11.4 Å². The molecule has 3 rings (SSSR count). The van der Waals surface area contributed by atoms with Gasteiger partial charge in [-0.2, -0.15) is 0 Å². The van der Waals surface area contributed by atoms with Crippen LogP contribution in [-0.2, 0) is 6.54 Å². The van der Waals surface area contributed by atoms with E-state index in [9.17, 15) is 9.59 Å². The second-order valence-corrected chi connectivity index (χ2v) is 7.25. The molecule has 0 saturated heterocycles. The molecule has 8 heteroatoms. The molecule has 0 fully saturated rings. The number of benzene rings is 2. The molecule has 2 aromatic carbocycles. The minimum absolute atomic E-state index is 0.255. The van der Waals surface area contributed by atoms with Crippen LogP contribution in [0.3, 0.4) is 0 Å². The van der Waals surface area contributed by atoms with Crippen LogP contribution in [0.5, 0.6) is 0 Å². The molecule has 2 N–H and O–H groups in total. The highest BCUT2D eigenvalue weighted by Gasteiger charge is 2.21. The van der Waals surface area contributed by atoms with Crippen molar-refractivity contribution in [2.75, 3.05) is 19.6 Å². The first-order valence-electron chi connectivity index (χ1n) is 9.10. The highest BCUT2D eigenvalue weighted by molar-refractivity contribution is 6.36. The van der Waals surface area contributed by atoms with Crippen molar-refractivity contribution in [3.8, 4) is 5.69 Å². The molecule has 1 aromatic heterocycles. The van der Waals surface area contributed by atoms with Gasteiger partial charge in [0.15, 0.2) is 0 Å². The van der Waals surface area contributed by atoms with Gasteiger partial charge in [0.25, 0.3) is 0 Å². The van der Waals surface area contributed by atoms with Crippen LogP contribution in [-0.4, -0.2) is 39.6 Å². The summed E-state index contributed by atoms with van der Waals surface area (Å²) in [6, 6.07) is 10.2. The lowest BCUT2D eigenvalue weighted by Crippen LogP contribution is -2.31. The molecule has 0 aliphatic rings. The van der Waals surface area contributed by atoms with Crippen LogP contribution in [0, 0.1) is 0 Å². The van der Waals surface area contributed by atoms with Gasteiger partial charge in [-0.3, -0.25) is 13.9 Å². The van der Waals surface area contributed by atoms with E-state index in [-0.39, 0.29) is 16.3 Å². The Balaban J connectivity index is 2.29. The molecular formula is C20H22Cl2N4O2. The molecule has 6 nitrogen and oxygen atoms in total. The average Bonchev–Trinajstić information content (AvgIpc) is 2.95. The molecule has 3 aromatic rings. The number of likely N-dealkylation sites (N-methyl/N-ethyl adjacent to an activating group) is 1. The first kappa shape index (κ1) is 20.5. The van der Waals surface area contributed by atoms with E-state index in [0.717, 1.165) is 13.1 Å². The Morgan fingerprint density at radius 2 is 1.79 bits per heavy atom. The summed E-state index contributed by atoms with van der Waals surface area (Å²) in [5.41, 5.74) is 7.03. The summed E-state index contributed by atoms with van der Waals surface area (Å²) in [6.07, 6.45) is 0. The van der Waals surface area contributed by atoms with Crippen LogP contribution in [0.4, 0.5) is 0 Å². The van der Waals surface area contributed by atoms with Crippen molar-refractivity contribution < 1.29 is 4.79 Å². The number of hydrogen-bond acceptors (Lipinski definition) is 3. The van der Waals surface area contributed by atoms with Crippen molar-refractivity contribution >= 4 is 40.1 Å². The zero-order valence-electron chi connectivity index (χ0n) is 15.8. The number of primary amides is 1. The number of aromatic nitrogens is 2. The lowest BCUT2D eigenvalue weighted by Gasteiger charge is -2.18. The molecule has 28 heavy (non-hydrogen) atoms. The number of para-hydroxylation sites is 1. The van der Waals surface area contributed by atoms with E-state index in [2.05, 4.69) is 18.7 Å². The second-order valence-electron chi connectivity index (χ2n) is 6.44. The van der Waals surface area contributed by atoms with Gasteiger partial charge >= 0.3 is 5.69 Å². The SMILES string of the molecule is CCN(CC)CCn1c(=O)n(-c2ccccc2Cl)c2c(Cl)cc(C(N)=O)cc21. The first-order chi connectivity index (χ1) is 13.4. The van der Waals surface area contributed by atoms with E-state index in [0.29, 0.717) is 34.8 Å². The van der Waals surface area contributed by atoms with Gasteiger partial charge in [-0.05, 0) is 37.4 Å². The van der Waals surface area contributed by atoms with Crippen molar-refractivity contribution in [1.29, 1.82) is 0 Å². The fourth-order valence-corrected chi connectivity index (χ4v) is 3.85. The molecule has 0 bridgehead atoms. The maximum atomic E-state index is 13.3. The normalized spacial score (nSPS) is 11.5. The molecule has 0 atom stereocenters. The Kier molecular flexibility index (Phi) is 6.13. The summed E-state index contributed by atoms with van der Waals surface area (Å²) in [5, 5.41) is 0.701. The molecule has 148 valence electrons. The van der Waals surface area contributed by atoms with Crippen LogP contribution in [0.1, 0.15) is 24.2 Å². The molecule has 0 aliphatic carbocycles. The minimum Gasteiger partial charge on any atom is -0.366 e. The molecule has 1 amide bonds. The van der Waals surface area contributed by atoms with Crippen molar-refractivity contribution in [2.45, 2.75) is 20.4 Å². The van der Waals surface area contributed by atoms with E-state index >= 15 is 0 Å². The topological polar surface area (TPSA) is 73.3 Å². The van der Waals surface area contributed by atoms with Gasteiger partial charge in [0.1, 0.15) is 0 Å². The Hall–Kier alpha value is -2.28. The van der Waals surface area contributed by atoms with E-state index in [4.69, 9.17) is 28.9 Å². The van der Waals surface area contributed by atoms with Crippen LogP contribution >= 0.6 is 23.2 Å². The number of hydrogen-bond donors (Lipinski definition) is 1. The minimum atomic E-state index is -0.600. The van der Waals surface area contributed by atoms with Crippen molar-refractivity contribution in [2.24, 2.45) is 5.73 Å². The molecule has 1 heterocycles. The Morgan fingerprint density at radius 1 is 1.11 bits per heavy atom. The largest absolute Gasteiger partial charge is 0.366 e. The van der Waals surface area contributed by atoms with E-state index < -0.39 is 5.91 Å². The number of carbonyl (C=O) groups is 1. The number of amides is 1. The number of imidazole rings is 1. The molecule has 0 saturated carbocycles. The van der Waals surface area contributed by atoms with E-state index in [1.807, 2.05) is 0 Å². The molecule has 0 aliphatic heterocycles. The zero-order chi connectivity index (χ0) is 20.4. The first-order valence-corrected chi connectivity index (χ1v) is 9.86. The number of fused-ring (bicyclic) bond motifs is 1. The summed E-state index contributed by atoms with van der Waals surface area (Å²) in [5.74, 6) is -0.600. The zero-order valence-corrected chi connectivity index (χ0v) is 17.3. The predicted octanol–water partition coefficient (Wildman–Crippen LogP) is 3.54. The van der Waals surface area contributed by atoms with Crippen molar-refractivity contribution in [3.05, 3.63) is 62.5 Å². The lowest BCUT2D eigenvalue weighted by atomic mass is 10.2. The Labute approximate surface area is 173 Å². The van der Waals surface area contributed by atoms with Gasteiger partial charge in [-0.1, -0.05) is 49.2 Å². The van der Waals surface area contributed by atoms with Crippen LogP contribution in [0.15, 0.2) is 41.2 Å². The monoisotopic (exact) mass is 420 g/mol. The summed E-state index contributed by atoms with van der Waals surface area (Å²) in [4.78, 5) is 27.3. The standard InChI is InChI=1S/C20H22Cl2N4O2/c1-3-24(4-2)9-10-25-17-12-13(19(23)27)11-15(22)18(17)26(20(25)28)16-8-6-5-7-14(16)21/h5-8,11-12H,3-4,9-10H2,1-2H3,(H2,23,27). The molecule has 0 radical (unpaired) electrons. The van der Waals surface area contributed by atoms with Gasteiger partial charge in [0.2, 0.25) is 5.91 Å². The summed E-state index contributed by atoms with van der Waals surface area (Å²) in [6.45, 7) is 7.03. The lowest BCUT2D eigenvalue weighted by molar-refractivity contribution is 0.100. The third-order valence-electron chi connectivity index (χ3n) is 4.89. The van der Waals surface area contributed by atoms with Crippen molar-refractivity contribution in [3.63, 3.8) is 0 Å². The number of rotatable bonds is 7. The smallest absolute Gasteiger partial charge is 0.333 e. The number of nitrogens with zero attached hydrogens (tertiary/aromatic N) is 3. The van der Waals surface area contributed by atoms with E-state index in [1.165, 1.54) is 10.6 Å². The quantitative estimate of drug-likeness (QED) is 0.634. The fraction of sp³-hybridized carbons (Fsp3) is 0.300. The number of halogens is 2. The molecule has 0 spiro atoms. The third-order valence-corrected chi connectivity index (χ3v) is 5.50. The highest BCUT2D eigenvalue weighted by Crippen LogP contribution is 2.29. The highest BCUT2D eigenvalue weighted by atomic mass is 35.5. The van der Waals surface area contributed by atoms with Crippen molar-refractivity contribution in [1.82, 2.24) is 14.0 Å². The van der Waals surface area contributed by atoms with E-state index in [1.54, 1.807) is 34.9 Å². The van der Waals surface area contributed by atoms with Gasteiger partial charge in [0.05, 0.1) is 26.8 Å². The number of carbonyl (C=O) groups excluding carboxylic acids is 1. The van der Waals surface area contributed by atoms with Gasteiger partial charge in [-0.15, -0.1) is 0 Å². The molecule has 0 unspecified atom stereocenters. The van der Waals surface area contributed by atoms with Gasteiger partial charge < -0.3 is 10.6 Å². The number of nitrogens with two attached hydrogens (primary N) is 1. The Morgan fingerprint density at radius 3 is 2.39 bits per heavy atom. The van der Waals surface area contributed by atoms with Gasteiger partial charge in [0, 0.05) is 18.7 Å². The van der Waals surface area contributed by atoms with Crippen LogP contribution in [0.25, 0.3) is 16.7 Å². The van der Waals surface area contributed by atoms with Gasteiger partial charge in [-0.25, -0.2) is 4.79 Å². The Bertz CT molecular complexity index is 1080. The summed E-state index contributed by atoms with van der Waals surface area (Å²) < 4.78 is 3.11. The average molecular weight is 421 g/mol. The summed E-state index contributed by atoms with van der Waals surface area (Å²) in [7, 11) is 0. The van der Waals surface area contributed by atoms with Crippen LogP contribution in [0.2, 0.25) is 10.0 Å².